The summed E-state index contributed by atoms with van der Waals surface area (Å²) < 4.78 is 5.66. The average Bonchev–Trinajstić information content (AvgIpc) is 2.13. The summed E-state index contributed by atoms with van der Waals surface area (Å²) in [4.78, 5) is 22.4. The van der Waals surface area contributed by atoms with Gasteiger partial charge in [0.1, 0.15) is 5.76 Å². The van der Waals surface area contributed by atoms with Crippen LogP contribution in [0.2, 0.25) is 0 Å². The van der Waals surface area contributed by atoms with Crippen LogP contribution in [0.25, 0.3) is 12.2 Å². The van der Waals surface area contributed by atoms with Gasteiger partial charge in [0.2, 0.25) is 0 Å². The maximum absolute atomic E-state index is 11.4. The largest absolute Gasteiger partial charge is 0.422 e. The van der Waals surface area contributed by atoms with Crippen LogP contribution in [0.3, 0.4) is 0 Å². The van der Waals surface area contributed by atoms with Crippen molar-refractivity contribution >= 4 is 12.2 Å². The van der Waals surface area contributed by atoms with E-state index in [9.17, 15) is 9.59 Å². The molecule has 0 atom stereocenters. The lowest BCUT2D eigenvalue weighted by Crippen LogP contribution is -2.31. The van der Waals surface area contributed by atoms with Gasteiger partial charge >= 0.3 is 5.76 Å². The summed E-state index contributed by atoms with van der Waals surface area (Å²) in [5, 5.41) is 0. The Balaban J connectivity index is 3.78. The van der Waals surface area contributed by atoms with Gasteiger partial charge in [-0.1, -0.05) is 19.2 Å². The molecule has 13 heavy (non-hydrogen) atoms. The number of nitrogens with zero attached hydrogens (tertiary/aromatic N) is 1. The first-order chi connectivity index (χ1) is 6.11. The van der Waals surface area contributed by atoms with Crippen molar-refractivity contribution in [3.8, 4) is 0 Å². The second-order valence-electron chi connectivity index (χ2n) is 2.42. The normalized spacial score (nSPS) is 9.62. The molecule has 0 spiro atoms. The maximum Gasteiger partial charge on any atom is 0.422 e. The Hall–Kier alpha value is -1.84. The Morgan fingerprint density at radius 2 is 1.92 bits per heavy atom. The predicted molar refractivity (Wildman–Crippen MR) is 50.4 cm³/mol. The van der Waals surface area contributed by atoms with Crippen LogP contribution in [0.1, 0.15) is 11.3 Å². The highest BCUT2D eigenvalue weighted by Gasteiger charge is 2.07. The van der Waals surface area contributed by atoms with Crippen LogP contribution in [0.4, 0.5) is 0 Å². The van der Waals surface area contributed by atoms with E-state index in [2.05, 4.69) is 13.2 Å². The van der Waals surface area contributed by atoms with E-state index in [0.717, 1.165) is 4.57 Å². The van der Waals surface area contributed by atoms with Gasteiger partial charge in [0.15, 0.2) is 0 Å². The summed E-state index contributed by atoms with van der Waals surface area (Å²) in [6, 6.07) is 0. The number of hydrogen-bond acceptors (Lipinski definition) is 3. The van der Waals surface area contributed by atoms with Gasteiger partial charge in [0.05, 0.1) is 5.56 Å². The van der Waals surface area contributed by atoms with Crippen molar-refractivity contribution in [3.63, 3.8) is 0 Å². The van der Waals surface area contributed by atoms with Gasteiger partial charge in [-0.3, -0.25) is 4.79 Å². The molecule has 0 bridgehead atoms. The first-order valence-corrected chi connectivity index (χ1v) is 3.60. The van der Waals surface area contributed by atoms with E-state index in [1.54, 1.807) is 0 Å². The third kappa shape index (κ3) is 1.38. The Morgan fingerprint density at radius 3 is 2.38 bits per heavy atom. The zero-order valence-electron chi connectivity index (χ0n) is 7.24. The summed E-state index contributed by atoms with van der Waals surface area (Å²) in [6.45, 7) is 6.87. The minimum atomic E-state index is -0.703. The molecule has 0 N–H and O–H groups in total. The molecule has 4 nitrogen and oxygen atoms in total. The van der Waals surface area contributed by atoms with Crippen molar-refractivity contribution in [3.05, 3.63) is 45.4 Å². The van der Waals surface area contributed by atoms with Gasteiger partial charge in [-0.2, -0.15) is 0 Å². The SMILES string of the molecule is C=Cc1oc(=O)n(C)c(=O)c1C=C. The second-order valence-corrected chi connectivity index (χ2v) is 2.42. The Labute approximate surface area is 74.4 Å². The topological polar surface area (TPSA) is 52.2 Å². The third-order valence-corrected chi connectivity index (χ3v) is 1.66. The fourth-order valence-electron chi connectivity index (χ4n) is 0.926. The van der Waals surface area contributed by atoms with Crippen molar-refractivity contribution in [2.45, 2.75) is 0 Å². The zero-order chi connectivity index (χ0) is 10.0. The Morgan fingerprint density at radius 1 is 1.31 bits per heavy atom. The molecule has 0 radical (unpaired) electrons. The molecule has 68 valence electrons. The van der Waals surface area contributed by atoms with Gasteiger partial charge in [-0.05, 0) is 6.08 Å². The van der Waals surface area contributed by atoms with Gasteiger partial charge < -0.3 is 4.42 Å². The van der Waals surface area contributed by atoms with Gasteiger partial charge in [-0.15, -0.1) is 0 Å². The number of hydrogen-bond donors (Lipinski definition) is 0. The monoisotopic (exact) mass is 179 g/mol. The molecule has 0 fully saturated rings. The van der Waals surface area contributed by atoms with Crippen LogP contribution in [0.15, 0.2) is 27.2 Å². The van der Waals surface area contributed by atoms with Crippen LogP contribution in [-0.2, 0) is 7.05 Å². The van der Waals surface area contributed by atoms with E-state index in [1.165, 1.54) is 19.2 Å². The maximum atomic E-state index is 11.4. The van der Waals surface area contributed by atoms with Crippen LogP contribution in [0.5, 0.6) is 0 Å². The average molecular weight is 179 g/mol. The summed E-state index contributed by atoms with van der Waals surface area (Å²) in [7, 11) is 1.34. The van der Waals surface area contributed by atoms with Crippen molar-refractivity contribution in [1.29, 1.82) is 0 Å². The van der Waals surface area contributed by atoms with Crippen LogP contribution in [-0.4, -0.2) is 4.57 Å². The molecule has 0 unspecified atom stereocenters. The van der Waals surface area contributed by atoms with E-state index in [0.29, 0.717) is 0 Å². The smallest absolute Gasteiger partial charge is 0.409 e. The Kier molecular flexibility index (Phi) is 2.32. The summed E-state index contributed by atoms with van der Waals surface area (Å²) in [6.07, 6.45) is 2.64. The summed E-state index contributed by atoms with van der Waals surface area (Å²) in [5.41, 5.74) is -0.182. The van der Waals surface area contributed by atoms with Crippen molar-refractivity contribution in [1.82, 2.24) is 4.57 Å². The molecule has 1 aromatic heterocycles. The van der Waals surface area contributed by atoms with E-state index < -0.39 is 11.3 Å². The zero-order valence-corrected chi connectivity index (χ0v) is 7.24. The minimum absolute atomic E-state index is 0.156. The molecule has 0 saturated carbocycles. The second kappa shape index (κ2) is 3.26. The molecule has 1 aromatic rings. The molecule has 0 aromatic carbocycles. The highest BCUT2D eigenvalue weighted by atomic mass is 16.4. The van der Waals surface area contributed by atoms with E-state index in [-0.39, 0.29) is 11.3 Å². The fourth-order valence-corrected chi connectivity index (χ4v) is 0.926. The quantitative estimate of drug-likeness (QED) is 0.668. The first kappa shape index (κ1) is 9.25. The van der Waals surface area contributed by atoms with Crippen LogP contribution in [0, 0.1) is 0 Å². The lowest BCUT2D eigenvalue weighted by molar-refractivity contribution is 0.433. The van der Waals surface area contributed by atoms with Gasteiger partial charge in [0, 0.05) is 7.05 Å². The molecule has 0 amide bonds. The van der Waals surface area contributed by atoms with Crippen molar-refractivity contribution < 1.29 is 4.42 Å². The Bertz CT molecular complexity index is 465. The number of rotatable bonds is 2. The fraction of sp³-hybridized carbons (Fsp3) is 0.111. The van der Waals surface area contributed by atoms with Gasteiger partial charge in [-0.25, -0.2) is 9.36 Å². The predicted octanol–water partition coefficient (Wildman–Crippen LogP) is 0.625. The molecule has 1 rings (SSSR count). The number of aromatic nitrogens is 1. The van der Waals surface area contributed by atoms with E-state index >= 15 is 0 Å². The van der Waals surface area contributed by atoms with Crippen LogP contribution >= 0.6 is 0 Å². The van der Waals surface area contributed by atoms with Gasteiger partial charge in [0.25, 0.3) is 5.56 Å². The van der Waals surface area contributed by atoms with Crippen molar-refractivity contribution in [2.24, 2.45) is 7.05 Å². The minimum Gasteiger partial charge on any atom is -0.409 e. The first-order valence-electron chi connectivity index (χ1n) is 3.60. The third-order valence-electron chi connectivity index (χ3n) is 1.66. The standard InChI is InChI=1S/C9H9NO3/c1-4-6-7(5-2)13-9(12)10(3)8(6)11/h4-5H,1-2H2,3H3. The molecule has 0 aliphatic rings. The molecular formula is C9H9NO3. The summed E-state index contributed by atoms with van der Waals surface area (Å²) >= 11 is 0. The van der Waals surface area contributed by atoms with Crippen LogP contribution < -0.4 is 11.3 Å². The molecule has 0 saturated heterocycles. The molecular weight excluding hydrogens is 170 g/mol. The highest BCUT2D eigenvalue weighted by Crippen LogP contribution is 2.03. The molecule has 1 heterocycles. The van der Waals surface area contributed by atoms with E-state index in [4.69, 9.17) is 4.42 Å². The lowest BCUT2D eigenvalue weighted by Gasteiger charge is -2.00. The van der Waals surface area contributed by atoms with E-state index in [1.807, 2.05) is 0 Å². The molecule has 4 heteroatoms. The summed E-state index contributed by atoms with van der Waals surface area (Å²) in [5.74, 6) is -0.548. The molecule has 0 aliphatic carbocycles. The lowest BCUT2D eigenvalue weighted by atomic mass is 10.2. The van der Waals surface area contributed by atoms with Crippen molar-refractivity contribution in [2.75, 3.05) is 0 Å². The molecule has 0 aliphatic heterocycles. The highest BCUT2D eigenvalue weighted by molar-refractivity contribution is 5.57.